The van der Waals surface area contributed by atoms with Crippen LogP contribution in [0.15, 0.2) is 10.5 Å². The molecule has 4 nitrogen and oxygen atoms in total. The van der Waals surface area contributed by atoms with Gasteiger partial charge < -0.3 is 9.32 Å². The van der Waals surface area contributed by atoms with Gasteiger partial charge in [0.05, 0.1) is 18.1 Å². The van der Waals surface area contributed by atoms with Gasteiger partial charge in [-0.1, -0.05) is 13.8 Å². The molecule has 0 radical (unpaired) electrons. The monoisotopic (exact) mass is 248 g/mol. The number of hydrogen-bond donors (Lipinski definition) is 0. The summed E-state index contributed by atoms with van der Waals surface area (Å²) in [6, 6.07) is 3.84. The first-order valence-electron chi connectivity index (χ1n) is 6.19. The predicted molar refractivity (Wildman–Crippen MR) is 69.2 cm³/mol. The fourth-order valence-corrected chi connectivity index (χ4v) is 1.91. The van der Waals surface area contributed by atoms with Crippen LogP contribution in [0, 0.1) is 31.1 Å². The Morgan fingerprint density at radius 2 is 2.17 bits per heavy atom. The number of aryl methyl sites for hydroxylation is 2. The molecule has 1 heterocycles. The number of nitrogens with zero attached hydrogens (tertiary/aromatic N) is 2. The van der Waals surface area contributed by atoms with E-state index >= 15 is 0 Å². The van der Waals surface area contributed by atoms with Crippen molar-refractivity contribution < 1.29 is 9.21 Å². The summed E-state index contributed by atoms with van der Waals surface area (Å²) < 4.78 is 5.38. The minimum absolute atomic E-state index is 0.0479. The van der Waals surface area contributed by atoms with Gasteiger partial charge in [0.15, 0.2) is 0 Å². The Morgan fingerprint density at radius 3 is 2.61 bits per heavy atom. The van der Waals surface area contributed by atoms with Gasteiger partial charge in [0, 0.05) is 13.1 Å². The normalized spacial score (nSPS) is 10.4. The van der Waals surface area contributed by atoms with Crippen LogP contribution in [-0.2, 0) is 0 Å². The van der Waals surface area contributed by atoms with E-state index in [1.807, 2.05) is 6.92 Å². The maximum atomic E-state index is 12.4. The van der Waals surface area contributed by atoms with Gasteiger partial charge in [-0.05, 0) is 25.8 Å². The van der Waals surface area contributed by atoms with Crippen molar-refractivity contribution in [3.8, 4) is 6.07 Å². The fraction of sp³-hybridized carbons (Fsp3) is 0.571. The second-order valence-corrected chi connectivity index (χ2v) is 4.88. The summed E-state index contributed by atoms with van der Waals surface area (Å²) in [6.07, 6.45) is 0.355. The van der Waals surface area contributed by atoms with E-state index in [0.717, 1.165) is 5.76 Å². The van der Waals surface area contributed by atoms with Crippen molar-refractivity contribution in [2.75, 3.05) is 13.1 Å². The lowest BCUT2D eigenvalue weighted by atomic mass is 10.1. The summed E-state index contributed by atoms with van der Waals surface area (Å²) in [5.74, 6) is 1.71. The van der Waals surface area contributed by atoms with Crippen LogP contribution >= 0.6 is 0 Å². The number of furan rings is 1. The number of hydrogen-bond acceptors (Lipinski definition) is 3. The fourth-order valence-electron chi connectivity index (χ4n) is 1.91. The van der Waals surface area contributed by atoms with Gasteiger partial charge in [-0.2, -0.15) is 5.26 Å². The van der Waals surface area contributed by atoms with Crippen LogP contribution in [0.2, 0.25) is 0 Å². The molecule has 1 aromatic heterocycles. The molecular weight excluding hydrogens is 228 g/mol. The third-order valence-electron chi connectivity index (χ3n) is 2.64. The largest absolute Gasteiger partial charge is 0.466 e. The summed E-state index contributed by atoms with van der Waals surface area (Å²) in [7, 11) is 0. The highest BCUT2D eigenvalue weighted by Crippen LogP contribution is 2.17. The van der Waals surface area contributed by atoms with E-state index in [-0.39, 0.29) is 5.91 Å². The van der Waals surface area contributed by atoms with Crippen molar-refractivity contribution in [3.63, 3.8) is 0 Å². The van der Waals surface area contributed by atoms with Gasteiger partial charge in [-0.3, -0.25) is 4.79 Å². The topological polar surface area (TPSA) is 57.2 Å². The van der Waals surface area contributed by atoms with Crippen LogP contribution in [0.3, 0.4) is 0 Å². The van der Waals surface area contributed by atoms with E-state index in [9.17, 15) is 4.79 Å². The Labute approximate surface area is 108 Å². The molecule has 0 aliphatic carbocycles. The highest BCUT2D eigenvalue weighted by Gasteiger charge is 2.20. The van der Waals surface area contributed by atoms with Crippen molar-refractivity contribution in [1.29, 1.82) is 5.26 Å². The highest BCUT2D eigenvalue weighted by molar-refractivity contribution is 5.95. The Kier molecular flexibility index (Phi) is 4.96. The molecule has 1 amide bonds. The maximum Gasteiger partial charge on any atom is 0.257 e. The smallest absolute Gasteiger partial charge is 0.257 e. The van der Waals surface area contributed by atoms with Gasteiger partial charge in [0.2, 0.25) is 0 Å². The van der Waals surface area contributed by atoms with Crippen LogP contribution in [0.4, 0.5) is 0 Å². The average Bonchev–Trinajstić information content (AvgIpc) is 2.62. The summed E-state index contributed by atoms with van der Waals surface area (Å²) in [6.45, 7) is 8.85. The molecule has 0 aromatic carbocycles. The molecule has 0 N–H and O–H groups in total. The molecule has 0 unspecified atom stereocenters. The zero-order valence-corrected chi connectivity index (χ0v) is 11.5. The lowest BCUT2D eigenvalue weighted by molar-refractivity contribution is 0.0738. The Morgan fingerprint density at radius 1 is 1.50 bits per heavy atom. The molecule has 0 aliphatic heterocycles. The zero-order chi connectivity index (χ0) is 13.7. The molecule has 0 aliphatic rings. The molecule has 0 fully saturated rings. The molecule has 0 bridgehead atoms. The third-order valence-corrected chi connectivity index (χ3v) is 2.64. The van der Waals surface area contributed by atoms with Crippen LogP contribution < -0.4 is 0 Å². The molecule has 1 rings (SSSR count). The first kappa shape index (κ1) is 14.3. The molecular formula is C14H20N2O2. The van der Waals surface area contributed by atoms with E-state index in [2.05, 4.69) is 19.9 Å². The number of amides is 1. The molecule has 0 saturated carbocycles. The second-order valence-electron chi connectivity index (χ2n) is 4.88. The molecule has 4 heteroatoms. The molecule has 0 saturated heterocycles. The summed E-state index contributed by atoms with van der Waals surface area (Å²) in [4.78, 5) is 14.1. The van der Waals surface area contributed by atoms with E-state index in [1.54, 1.807) is 17.9 Å². The number of carbonyl (C=O) groups excluding carboxylic acids is 1. The van der Waals surface area contributed by atoms with Crippen LogP contribution in [0.25, 0.3) is 0 Å². The predicted octanol–water partition coefficient (Wildman–Crippen LogP) is 2.91. The van der Waals surface area contributed by atoms with E-state index in [1.165, 1.54) is 0 Å². The average molecular weight is 248 g/mol. The van der Waals surface area contributed by atoms with Crippen molar-refractivity contribution in [1.82, 2.24) is 4.90 Å². The molecule has 1 aromatic rings. The standard InChI is InChI=1S/C14H20N2O2/c1-10(2)9-16(7-5-6-15)14(17)13-8-11(3)18-12(13)4/h8,10H,5,7,9H2,1-4H3. The quantitative estimate of drug-likeness (QED) is 0.805. The van der Waals surface area contributed by atoms with E-state index in [0.29, 0.717) is 36.8 Å². The molecule has 0 spiro atoms. The first-order chi connectivity index (χ1) is 8.45. The van der Waals surface area contributed by atoms with Gasteiger partial charge in [-0.25, -0.2) is 0 Å². The van der Waals surface area contributed by atoms with Crippen LogP contribution in [-0.4, -0.2) is 23.9 Å². The lowest BCUT2D eigenvalue weighted by Gasteiger charge is -2.23. The third kappa shape index (κ3) is 3.63. The number of nitriles is 1. The van der Waals surface area contributed by atoms with Gasteiger partial charge in [0.25, 0.3) is 5.91 Å². The molecule has 98 valence electrons. The lowest BCUT2D eigenvalue weighted by Crippen LogP contribution is -2.35. The minimum Gasteiger partial charge on any atom is -0.466 e. The van der Waals surface area contributed by atoms with Gasteiger partial charge in [0.1, 0.15) is 11.5 Å². The Bertz CT molecular complexity index is 455. The maximum absolute atomic E-state index is 12.4. The summed E-state index contributed by atoms with van der Waals surface area (Å²) in [5.41, 5.74) is 0.603. The molecule has 18 heavy (non-hydrogen) atoms. The van der Waals surface area contributed by atoms with Crippen LogP contribution in [0.1, 0.15) is 42.1 Å². The van der Waals surface area contributed by atoms with Crippen molar-refractivity contribution >= 4 is 5.91 Å². The molecule has 0 atom stereocenters. The zero-order valence-electron chi connectivity index (χ0n) is 11.5. The highest BCUT2D eigenvalue weighted by atomic mass is 16.3. The first-order valence-corrected chi connectivity index (χ1v) is 6.19. The van der Waals surface area contributed by atoms with Crippen molar-refractivity contribution in [3.05, 3.63) is 23.2 Å². The van der Waals surface area contributed by atoms with E-state index < -0.39 is 0 Å². The Hall–Kier alpha value is -1.76. The van der Waals surface area contributed by atoms with Crippen molar-refractivity contribution in [2.24, 2.45) is 5.92 Å². The number of rotatable bonds is 5. The van der Waals surface area contributed by atoms with Gasteiger partial charge in [-0.15, -0.1) is 0 Å². The number of carbonyl (C=O) groups is 1. The van der Waals surface area contributed by atoms with Crippen LogP contribution in [0.5, 0.6) is 0 Å². The Balaban J connectivity index is 2.88. The van der Waals surface area contributed by atoms with Crippen molar-refractivity contribution in [2.45, 2.75) is 34.1 Å². The second kappa shape index (κ2) is 6.25. The minimum atomic E-state index is -0.0479. The summed E-state index contributed by atoms with van der Waals surface area (Å²) >= 11 is 0. The van der Waals surface area contributed by atoms with E-state index in [4.69, 9.17) is 9.68 Å². The summed E-state index contributed by atoms with van der Waals surface area (Å²) in [5, 5.41) is 8.65. The van der Waals surface area contributed by atoms with Gasteiger partial charge >= 0.3 is 0 Å². The SMILES string of the molecule is Cc1cc(C(=O)N(CCC#N)CC(C)C)c(C)o1.